The van der Waals surface area contributed by atoms with Gasteiger partial charge in [-0.3, -0.25) is 4.79 Å². The second kappa shape index (κ2) is 20.3. The maximum atomic E-state index is 12.0. The average molecular weight is 469 g/mol. The molecule has 0 aromatic carbocycles. The SMILES string of the molecule is CC(C)=CCCC(C)=CCCC(C)=CCCC(=O)OCC=C(C)CCC=C(C)CCC=C(C)C. The van der Waals surface area contributed by atoms with Gasteiger partial charge in [0.1, 0.15) is 6.61 Å². The number of allylic oxidation sites excluding steroid dienone is 11. The Hall–Kier alpha value is -2.09. The quantitative estimate of drug-likeness (QED) is 0.157. The molecular weight excluding hydrogens is 416 g/mol. The van der Waals surface area contributed by atoms with E-state index < -0.39 is 0 Å². The fourth-order valence-electron chi connectivity index (χ4n) is 3.46. The first-order chi connectivity index (χ1) is 16.1. The van der Waals surface area contributed by atoms with Gasteiger partial charge in [0.05, 0.1) is 0 Å². The van der Waals surface area contributed by atoms with Gasteiger partial charge in [0, 0.05) is 6.42 Å². The van der Waals surface area contributed by atoms with Gasteiger partial charge >= 0.3 is 5.97 Å². The number of hydrogen-bond acceptors (Lipinski definition) is 2. The van der Waals surface area contributed by atoms with Gasteiger partial charge in [-0.05, 0) is 119 Å². The Kier molecular flexibility index (Phi) is 19.0. The normalized spacial score (nSPS) is 13.1. The van der Waals surface area contributed by atoms with E-state index in [0.29, 0.717) is 13.0 Å². The Morgan fingerprint density at radius 2 is 0.794 bits per heavy atom. The van der Waals surface area contributed by atoms with Crippen LogP contribution in [0.3, 0.4) is 0 Å². The Labute approximate surface area is 211 Å². The molecule has 0 bridgehead atoms. The molecule has 0 atom stereocenters. The lowest BCUT2D eigenvalue weighted by Crippen LogP contribution is -2.04. The highest BCUT2D eigenvalue weighted by Crippen LogP contribution is 2.13. The zero-order valence-corrected chi connectivity index (χ0v) is 23.6. The van der Waals surface area contributed by atoms with Crippen LogP contribution in [0, 0.1) is 0 Å². The zero-order valence-electron chi connectivity index (χ0n) is 23.6. The molecule has 0 spiro atoms. The molecule has 0 aromatic heterocycles. The summed E-state index contributed by atoms with van der Waals surface area (Å²) in [5.41, 5.74) is 8.31. The summed E-state index contributed by atoms with van der Waals surface area (Å²) in [7, 11) is 0. The number of rotatable bonds is 17. The van der Waals surface area contributed by atoms with Crippen molar-refractivity contribution in [1.82, 2.24) is 0 Å². The van der Waals surface area contributed by atoms with Gasteiger partial charge in [0.25, 0.3) is 0 Å². The van der Waals surface area contributed by atoms with Crippen LogP contribution < -0.4 is 0 Å². The minimum absolute atomic E-state index is 0.113. The van der Waals surface area contributed by atoms with Gasteiger partial charge < -0.3 is 4.74 Å². The molecule has 0 aliphatic heterocycles. The van der Waals surface area contributed by atoms with E-state index in [1.807, 2.05) is 6.08 Å². The summed E-state index contributed by atoms with van der Waals surface area (Å²) in [6.07, 6.45) is 23.4. The molecular formula is C32H52O2. The van der Waals surface area contributed by atoms with Gasteiger partial charge in [-0.15, -0.1) is 0 Å². The molecule has 192 valence electrons. The molecule has 0 amide bonds. The predicted molar refractivity (Wildman–Crippen MR) is 151 cm³/mol. The van der Waals surface area contributed by atoms with Crippen LogP contribution in [0.2, 0.25) is 0 Å². The third-order valence-electron chi connectivity index (χ3n) is 5.76. The van der Waals surface area contributed by atoms with Gasteiger partial charge in [0.2, 0.25) is 0 Å². The van der Waals surface area contributed by atoms with Crippen molar-refractivity contribution in [2.75, 3.05) is 6.61 Å². The van der Waals surface area contributed by atoms with E-state index in [9.17, 15) is 4.79 Å². The van der Waals surface area contributed by atoms with E-state index in [1.54, 1.807) is 0 Å². The van der Waals surface area contributed by atoms with Crippen molar-refractivity contribution < 1.29 is 9.53 Å². The molecule has 0 unspecified atom stereocenters. The molecule has 0 saturated heterocycles. The maximum Gasteiger partial charge on any atom is 0.306 e. The van der Waals surface area contributed by atoms with Crippen molar-refractivity contribution in [3.05, 3.63) is 69.9 Å². The third-order valence-corrected chi connectivity index (χ3v) is 5.76. The maximum absolute atomic E-state index is 12.0. The lowest BCUT2D eigenvalue weighted by atomic mass is 10.1. The molecule has 0 aliphatic carbocycles. The van der Waals surface area contributed by atoms with E-state index in [0.717, 1.165) is 57.8 Å². The van der Waals surface area contributed by atoms with Crippen molar-refractivity contribution in [3.63, 3.8) is 0 Å². The molecule has 0 aromatic rings. The lowest BCUT2D eigenvalue weighted by molar-refractivity contribution is -0.142. The fraction of sp³-hybridized carbons (Fsp3) is 0.594. The topological polar surface area (TPSA) is 26.3 Å². The molecule has 2 nitrogen and oxygen atoms in total. The van der Waals surface area contributed by atoms with Crippen molar-refractivity contribution in [2.45, 2.75) is 120 Å². The van der Waals surface area contributed by atoms with Crippen molar-refractivity contribution in [1.29, 1.82) is 0 Å². The molecule has 0 N–H and O–H groups in total. The van der Waals surface area contributed by atoms with Crippen molar-refractivity contribution in [3.8, 4) is 0 Å². The Bertz CT molecular complexity index is 697. The molecule has 0 aliphatic rings. The number of ether oxygens (including phenoxy) is 1. The zero-order chi connectivity index (χ0) is 25.8. The summed E-state index contributed by atoms with van der Waals surface area (Å²) in [4.78, 5) is 12.0. The first-order valence-electron chi connectivity index (χ1n) is 13.1. The Balaban J connectivity index is 4.05. The van der Waals surface area contributed by atoms with Gasteiger partial charge in [-0.25, -0.2) is 0 Å². The third kappa shape index (κ3) is 21.7. The van der Waals surface area contributed by atoms with Crippen molar-refractivity contribution in [2.24, 2.45) is 0 Å². The summed E-state index contributed by atoms with van der Waals surface area (Å²) >= 11 is 0. The van der Waals surface area contributed by atoms with Crippen molar-refractivity contribution >= 4 is 5.97 Å². The van der Waals surface area contributed by atoms with Crippen LogP contribution >= 0.6 is 0 Å². The molecule has 34 heavy (non-hydrogen) atoms. The molecule has 0 saturated carbocycles. The van der Waals surface area contributed by atoms with Gasteiger partial charge in [-0.1, -0.05) is 63.8 Å². The first-order valence-corrected chi connectivity index (χ1v) is 13.1. The van der Waals surface area contributed by atoms with Crippen LogP contribution in [0.5, 0.6) is 0 Å². The molecule has 0 rings (SSSR count). The van der Waals surface area contributed by atoms with Crippen LogP contribution in [0.15, 0.2) is 69.9 Å². The van der Waals surface area contributed by atoms with Crippen LogP contribution in [-0.2, 0) is 9.53 Å². The second-order valence-corrected chi connectivity index (χ2v) is 10.1. The predicted octanol–water partition coefficient (Wildman–Crippen LogP) is 10.1. The standard InChI is InChI=1S/C32H52O2/c1-26(2)14-9-16-28(5)18-11-19-30(7)22-13-23-32(33)34-25-24-31(8)21-12-20-29(6)17-10-15-27(3)4/h14-15,18,20,22,24H,9-13,16-17,19,21,23,25H2,1-8H3. The molecule has 0 radical (unpaired) electrons. The number of carbonyl (C=O) groups is 1. The number of hydrogen-bond donors (Lipinski definition) is 0. The largest absolute Gasteiger partial charge is 0.461 e. The minimum Gasteiger partial charge on any atom is -0.461 e. The van der Waals surface area contributed by atoms with E-state index in [4.69, 9.17) is 4.74 Å². The van der Waals surface area contributed by atoms with E-state index in [1.165, 1.54) is 33.4 Å². The summed E-state index contributed by atoms with van der Waals surface area (Å²) in [5.74, 6) is -0.113. The highest BCUT2D eigenvalue weighted by molar-refractivity contribution is 5.69. The van der Waals surface area contributed by atoms with E-state index in [2.05, 4.69) is 85.8 Å². The number of esters is 1. The monoisotopic (exact) mass is 468 g/mol. The minimum atomic E-state index is -0.113. The average Bonchev–Trinajstić information content (AvgIpc) is 2.73. The van der Waals surface area contributed by atoms with Crippen LogP contribution in [0.1, 0.15) is 120 Å². The summed E-state index contributed by atoms with van der Waals surface area (Å²) in [6, 6.07) is 0. The second-order valence-electron chi connectivity index (χ2n) is 10.1. The summed E-state index contributed by atoms with van der Waals surface area (Å²) in [5, 5.41) is 0. The molecule has 2 heteroatoms. The Morgan fingerprint density at radius 3 is 1.18 bits per heavy atom. The summed E-state index contributed by atoms with van der Waals surface area (Å²) in [6.45, 7) is 17.7. The summed E-state index contributed by atoms with van der Waals surface area (Å²) < 4.78 is 5.38. The highest BCUT2D eigenvalue weighted by atomic mass is 16.5. The Morgan fingerprint density at radius 1 is 0.471 bits per heavy atom. The molecule has 0 heterocycles. The number of carbonyl (C=O) groups excluding carboxylic acids is 1. The van der Waals surface area contributed by atoms with Crippen LogP contribution in [-0.4, -0.2) is 12.6 Å². The smallest absolute Gasteiger partial charge is 0.306 e. The van der Waals surface area contributed by atoms with Crippen LogP contribution in [0.4, 0.5) is 0 Å². The first kappa shape index (κ1) is 31.9. The molecule has 0 fully saturated rings. The van der Waals surface area contributed by atoms with Gasteiger partial charge in [0.15, 0.2) is 0 Å². The van der Waals surface area contributed by atoms with E-state index >= 15 is 0 Å². The highest BCUT2D eigenvalue weighted by Gasteiger charge is 2.01. The van der Waals surface area contributed by atoms with Gasteiger partial charge in [-0.2, -0.15) is 0 Å². The van der Waals surface area contributed by atoms with Crippen LogP contribution in [0.25, 0.3) is 0 Å². The lowest BCUT2D eigenvalue weighted by Gasteiger charge is -2.04. The fourth-order valence-corrected chi connectivity index (χ4v) is 3.46. The van der Waals surface area contributed by atoms with E-state index in [-0.39, 0.29) is 5.97 Å².